The van der Waals surface area contributed by atoms with E-state index in [0.29, 0.717) is 12.0 Å². The fourth-order valence-electron chi connectivity index (χ4n) is 2.98. The fraction of sp³-hybridized carbons (Fsp3) is 0.929. The van der Waals surface area contributed by atoms with Crippen molar-refractivity contribution in [3.63, 3.8) is 0 Å². The van der Waals surface area contributed by atoms with E-state index in [4.69, 9.17) is 4.74 Å². The molecule has 2 aliphatic rings. The average molecular weight is 254 g/mol. The quantitative estimate of drug-likeness (QED) is 0.757. The Bertz CT molecular complexity index is 303. The van der Waals surface area contributed by atoms with Crippen molar-refractivity contribution in [3.8, 4) is 0 Å². The van der Waals surface area contributed by atoms with E-state index >= 15 is 0 Å². The summed E-state index contributed by atoms with van der Waals surface area (Å²) in [5, 5.41) is 0. The number of ether oxygens (including phenoxy) is 1. The first-order chi connectivity index (χ1) is 8.38. The molecule has 2 heterocycles. The van der Waals surface area contributed by atoms with E-state index in [-0.39, 0.29) is 12.1 Å². The van der Waals surface area contributed by atoms with Gasteiger partial charge in [-0.15, -0.1) is 0 Å². The normalized spacial score (nSPS) is 27.7. The van der Waals surface area contributed by atoms with Crippen molar-refractivity contribution in [2.75, 3.05) is 33.3 Å². The third kappa shape index (κ3) is 2.97. The summed E-state index contributed by atoms with van der Waals surface area (Å²) in [7, 11) is 1.84. The highest BCUT2D eigenvalue weighted by molar-refractivity contribution is 5.69. The number of likely N-dealkylation sites (tertiary alicyclic amines) is 1. The van der Waals surface area contributed by atoms with Crippen molar-refractivity contribution >= 4 is 6.09 Å². The molecule has 2 fully saturated rings. The number of piperidine rings is 1. The van der Waals surface area contributed by atoms with Gasteiger partial charge in [0.2, 0.25) is 0 Å². The van der Waals surface area contributed by atoms with E-state index in [2.05, 4.69) is 25.7 Å². The third-order valence-electron chi connectivity index (χ3n) is 4.52. The van der Waals surface area contributed by atoms with Crippen LogP contribution in [0, 0.1) is 11.3 Å². The molecule has 0 radical (unpaired) electrons. The Labute approximate surface area is 110 Å². The molecule has 2 saturated heterocycles. The van der Waals surface area contributed by atoms with E-state index < -0.39 is 0 Å². The molecule has 0 aromatic heterocycles. The van der Waals surface area contributed by atoms with Crippen molar-refractivity contribution in [3.05, 3.63) is 0 Å². The molecule has 0 aromatic rings. The topological polar surface area (TPSA) is 32.8 Å². The van der Waals surface area contributed by atoms with Crippen LogP contribution >= 0.6 is 0 Å². The SMILES string of the molecule is CN1C(=O)OC[C@H]1CN1CCC(C(C)(C)C)CC1. The highest BCUT2D eigenvalue weighted by Gasteiger charge is 2.33. The summed E-state index contributed by atoms with van der Waals surface area (Å²) < 4.78 is 5.05. The van der Waals surface area contributed by atoms with Crippen LogP contribution < -0.4 is 0 Å². The van der Waals surface area contributed by atoms with Crippen LogP contribution in [-0.4, -0.2) is 55.2 Å². The summed E-state index contributed by atoms with van der Waals surface area (Å²) in [6.07, 6.45) is 2.37. The molecule has 0 aromatic carbocycles. The van der Waals surface area contributed by atoms with E-state index in [0.717, 1.165) is 25.6 Å². The molecule has 4 nitrogen and oxygen atoms in total. The number of likely N-dealkylation sites (N-methyl/N-ethyl adjacent to an activating group) is 1. The first kappa shape index (κ1) is 13.7. The highest BCUT2D eigenvalue weighted by atomic mass is 16.6. The van der Waals surface area contributed by atoms with Gasteiger partial charge in [-0.05, 0) is 37.3 Å². The van der Waals surface area contributed by atoms with Crippen LogP contribution in [0.25, 0.3) is 0 Å². The minimum absolute atomic E-state index is 0.176. The number of nitrogens with zero attached hydrogens (tertiary/aromatic N) is 2. The van der Waals surface area contributed by atoms with Gasteiger partial charge in [0.15, 0.2) is 0 Å². The molecule has 0 N–H and O–H groups in total. The van der Waals surface area contributed by atoms with Crippen molar-refractivity contribution in [1.29, 1.82) is 0 Å². The number of carbonyl (C=O) groups is 1. The molecule has 2 aliphatic heterocycles. The lowest BCUT2D eigenvalue weighted by molar-refractivity contribution is 0.0977. The van der Waals surface area contributed by atoms with Crippen LogP contribution in [0.4, 0.5) is 4.79 Å². The van der Waals surface area contributed by atoms with Crippen molar-refractivity contribution < 1.29 is 9.53 Å². The summed E-state index contributed by atoms with van der Waals surface area (Å²) in [5.74, 6) is 0.827. The Kier molecular flexibility index (Phi) is 3.85. The summed E-state index contributed by atoms with van der Waals surface area (Å²) in [4.78, 5) is 15.5. The molecule has 4 heteroatoms. The highest BCUT2D eigenvalue weighted by Crippen LogP contribution is 2.34. The van der Waals surface area contributed by atoms with E-state index in [9.17, 15) is 4.79 Å². The first-order valence-corrected chi connectivity index (χ1v) is 7.00. The molecule has 104 valence electrons. The van der Waals surface area contributed by atoms with Crippen molar-refractivity contribution in [2.24, 2.45) is 11.3 Å². The van der Waals surface area contributed by atoms with Gasteiger partial charge >= 0.3 is 6.09 Å². The van der Waals surface area contributed by atoms with Crippen LogP contribution in [0.1, 0.15) is 33.6 Å². The lowest BCUT2D eigenvalue weighted by Gasteiger charge is -2.39. The van der Waals surface area contributed by atoms with Crippen molar-refractivity contribution in [1.82, 2.24) is 9.80 Å². The predicted molar refractivity (Wildman–Crippen MR) is 71.5 cm³/mol. The first-order valence-electron chi connectivity index (χ1n) is 7.00. The maximum absolute atomic E-state index is 11.3. The van der Waals surface area contributed by atoms with E-state index in [1.165, 1.54) is 12.8 Å². The standard InChI is InChI=1S/C14H26N2O2/c1-14(2,3)11-5-7-16(8-6-11)9-12-10-18-13(17)15(12)4/h11-12H,5-10H2,1-4H3/t12-/m1/s1. The summed E-state index contributed by atoms with van der Waals surface area (Å²) in [5.41, 5.74) is 0.426. The number of hydrogen-bond acceptors (Lipinski definition) is 3. The second-order valence-corrected chi connectivity index (χ2v) is 6.78. The third-order valence-corrected chi connectivity index (χ3v) is 4.52. The van der Waals surface area contributed by atoms with Gasteiger partial charge in [0.1, 0.15) is 6.61 Å². The fourth-order valence-corrected chi connectivity index (χ4v) is 2.98. The monoisotopic (exact) mass is 254 g/mol. The van der Waals surface area contributed by atoms with Gasteiger partial charge in [0.25, 0.3) is 0 Å². The van der Waals surface area contributed by atoms with Crippen LogP contribution in [0.5, 0.6) is 0 Å². The summed E-state index contributed by atoms with van der Waals surface area (Å²) in [6.45, 7) is 10.8. The minimum Gasteiger partial charge on any atom is -0.447 e. The molecule has 1 amide bonds. The number of carbonyl (C=O) groups excluding carboxylic acids is 1. The molecule has 18 heavy (non-hydrogen) atoms. The zero-order valence-corrected chi connectivity index (χ0v) is 12.1. The molecule has 0 bridgehead atoms. The Morgan fingerprint density at radius 1 is 1.28 bits per heavy atom. The van der Waals surface area contributed by atoms with E-state index in [1.54, 1.807) is 4.90 Å². The van der Waals surface area contributed by atoms with Crippen LogP contribution in [0.2, 0.25) is 0 Å². The molecule has 0 aliphatic carbocycles. The Balaban J connectivity index is 1.79. The zero-order valence-electron chi connectivity index (χ0n) is 12.1. The maximum Gasteiger partial charge on any atom is 0.409 e. The second kappa shape index (κ2) is 5.08. The second-order valence-electron chi connectivity index (χ2n) is 6.78. The molecule has 1 atom stereocenters. The summed E-state index contributed by atoms with van der Waals surface area (Å²) >= 11 is 0. The zero-order chi connectivity index (χ0) is 13.3. The molecule has 0 unspecified atom stereocenters. The van der Waals surface area contributed by atoms with Crippen molar-refractivity contribution in [2.45, 2.75) is 39.7 Å². The lowest BCUT2D eigenvalue weighted by Crippen LogP contribution is -2.45. The maximum atomic E-state index is 11.3. The van der Waals surface area contributed by atoms with Gasteiger partial charge in [-0.1, -0.05) is 20.8 Å². The van der Waals surface area contributed by atoms with Gasteiger partial charge < -0.3 is 14.5 Å². The van der Waals surface area contributed by atoms with Crippen LogP contribution in [0.15, 0.2) is 0 Å². The predicted octanol–water partition coefficient (Wildman–Crippen LogP) is 2.20. The lowest BCUT2D eigenvalue weighted by atomic mass is 9.75. The minimum atomic E-state index is -0.176. The average Bonchev–Trinajstić information content (AvgIpc) is 2.61. The van der Waals surface area contributed by atoms with Gasteiger partial charge in [-0.25, -0.2) is 4.79 Å². The Hall–Kier alpha value is -0.770. The number of cyclic esters (lactones) is 1. The number of amides is 1. The van der Waals surface area contributed by atoms with Gasteiger partial charge in [-0.2, -0.15) is 0 Å². The molecule has 0 spiro atoms. The van der Waals surface area contributed by atoms with Gasteiger partial charge in [-0.3, -0.25) is 0 Å². The number of rotatable bonds is 2. The van der Waals surface area contributed by atoms with Crippen LogP contribution in [-0.2, 0) is 4.74 Å². The van der Waals surface area contributed by atoms with Gasteiger partial charge in [0.05, 0.1) is 6.04 Å². The molecule has 2 rings (SSSR count). The van der Waals surface area contributed by atoms with Crippen LogP contribution in [0.3, 0.4) is 0 Å². The van der Waals surface area contributed by atoms with Gasteiger partial charge in [0, 0.05) is 13.6 Å². The largest absolute Gasteiger partial charge is 0.447 e. The Morgan fingerprint density at radius 2 is 1.89 bits per heavy atom. The van der Waals surface area contributed by atoms with E-state index in [1.807, 2.05) is 7.05 Å². The molecular formula is C14H26N2O2. The molecule has 0 saturated carbocycles. The Morgan fingerprint density at radius 3 is 2.33 bits per heavy atom. The number of hydrogen-bond donors (Lipinski definition) is 0. The molecular weight excluding hydrogens is 228 g/mol. The summed E-state index contributed by atoms with van der Waals surface area (Å²) in [6, 6.07) is 0.240. The smallest absolute Gasteiger partial charge is 0.409 e.